The van der Waals surface area contributed by atoms with Crippen LogP contribution >= 0.6 is 0 Å². The van der Waals surface area contributed by atoms with Crippen LogP contribution in [0.25, 0.3) is 0 Å². The largest absolute Gasteiger partial charge is 0.483 e. The molecule has 2 radical (unpaired) electrons. The van der Waals surface area contributed by atoms with E-state index in [1.807, 2.05) is 19.1 Å². The maximum atomic E-state index is 15.0. The van der Waals surface area contributed by atoms with E-state index in [-0.39, 0.29) is 5.90 Å². The van der Waals surface area contributed by atoms with Crippen LogP contribution in [0.1, 0.15) is 41.4 Å². The molecule has 4 atom stereocenters. The average Bonchev–Trinajstić information content (AvgIpc) is 3.17. The summed E-state index contributed by atoms with van der Waals surface area (Å²) in [6.07, 6.45) is -2.88. The van der Waals surface area contributed by atoms with E-state index in [0.717, 1.165) is 31.5 Å². The second kappa shape index (κ2) is 11.2. The van der Waals surface area contributed by atoms with E-state index in [2.05, 4.69) is 4.99 Å². The number of aryl methyl sites for hydroxylation is 1. The van der Waals surface area contributed by atoms with E-state index < -0.39 is 71.7 Å². The van der Waals surface area contributed by atoms with Gasteiger partial charge in [0.05, 0.1) is 6.00 Å². The van der Waals surface area contributed by atoms with E-state index in [4.69, 9.17) is 32.5 Å². The Morgan fingerprint density at radius 3 is 2.36 bits per heavy atom. The van der Waals surface area contributed by atoms with Crippen LogP contribution in [0.15, 0.2) is 41.4 Å². The predicted molar refractivity (Wildman–Crippen MR) is 123 cm³/mol. The van der Waals surface area contributed by atoms with Crippen LogP contribution in [0.5, 0.6) is 5.75 Å². The highest BCUT2D eigenvalue weighted by molar-refractivity contribution is 6.13. The maximum Gasteiger partial charge on any atom is 0.303 e. The molecule has 0 saturated heterocycles. The fourth-order valence-corrected chi connectivity index (χ4v) is 3.48. The molecular formula is C24H23BF2N2O7. The first-order valence-electron chi connectivity index (χ1n) is 10.8. The molecule has 0 saturated carbocycles. The molecule has 36 heavy (non-hydrogen) atoms. The van der Waals surface area contributed by atoms with Crippen LogP contribution in [0.3, 0.4) is 0 Å². The summed E-state index contributed by atoms with van der Waals surface area (Å²) in [5, 5.41) is 0. The summed E-state index contributed by atoms with van der Waals surface area (Å²) in [7, 11) is 6.14. The lowest BCUT2D eigenvalue weighted by Gasteiger charge is -2.27. The van der Waals surface area contributed by atoms with Gasteiger partial charge in [-0.3, -0.25) is 14.4 Å². The molecule has 9 nitrogen and oxygen atoms in total. The van der Waals surface area contributed by atoms with E-state index in [1.54, 1.807) is 12.1 Å². The molecule has 4 unspecified atom stereocenters. The number of hydrogen-bond acceptors (Lipinski definition) is 8. The Morgan fingerprint density at radius 1 is 1.11 bits per heavy atom. The number of nitrogens with two attached hydrogens (primary N) is 1. The molecule has 3 rings (SSSR count). The summed E-state index contributed by atoms with van der Waals surface area (Å²) in [5.74, 6) is -6.24. The first-order valence-corrected chi connectivity index (χ1v) is 10.8. The highest BCUT2D eigenvalue weighted by Crippen LogP contribution is 2.32. The monoisotopic (exact) mass is 500 g/mol. The van der Waals surface area contributed by atoms with Gasteiger partial charge in [0.2, 0.25) is 12.0 Å². The molecule has 0 bridgehead atoms. The van der Waals surface area contributed by atoms with Crippen molar-refractivity contribution in [1.29, 1.82) is 0 Å². The lowest BCUT2D eigenvalue weighted by Crippen LogP contribution is -2.45. The minimum atomic E-state index is -1.50. The first kappa shape index (κ1) is 26.6. The Balaban J connectivity index is 2.05. The van der Waals surface area contributed by atoms with Crippen molar-refractivity contribution in [2.75, 3.05) is 6.61 Å². The molecule has 12 heteroatoms. The third-order valence-corrected chi connectivity index (χ3v) is 5.16. The Kier molecular flexibility index (Phi) is 8.28. The van der Waals surface area contributed by atoms with Gasteiger partial charge >= 0.3 is 11.9 Å². The molecule has 2 aromatic rings. The van der Waals surface area contributed by atoms with Crippen molar-refractivity contribution in [3.05, 3.63) is 64.7 Å². The van der Waals surface area contributed by atoms with Gasteiger partial charge in [-0.1, -0.05) is 29.8 Å². The number of hydrogen-bond donors (Lipinski definition) is 1. The van der Waals surface area contributed by atoms with Crippen LogP contribution in [-0.4, -0.2) is 56.4 Å². The molecule has 2 aromatic carbocycles. The summed E-state index contributed by atoms with van der Waals surface area (Å²) in [4.78, 5) is 39.2. The van der Waals surface area contributed by atoms with Crippen LogP contribution in [0.4, 0.5) is 8.78 Å². The molecular weight excluding hydrogens is 477 g/mol. The maximum absolute atomic E-state index is 15.0. The van der Waals surface area contributed by atoms with Crippen LogP contribution in [0, 0.1) is 18.6 Å². The van der Waals surface area contributed by atoms with Crippen molar-refractivity contribution in [3.63, 3.8) is 0 Å². The number of nitrogens with zero attached hydrogens (tertiary/aromatic N) is 1. The Morgan fingerprint density at radius 2 is 1.78 bits per heavy atom. The zero-order chi connectivity index (χ0) is 26.6. The highest BCUT2D eigenvalue weighted by atomic mass is 19.1. The minimum Gasteiger partial charge on any atom is -0.483 e. The highest BCUT2D eigenvalue weighted by Gasteiger charge is 2.40. The first-order chi connectivity index (χ1) is 17.0. The number of aliphatic imine (C=N–C) groups is 1. The smallest absolute Gasteiger partial charge is 0.303 e. The minimum absolute atomic E-state index is 0.198. The summed E-state index contributed by atoms with van der Waals surface area (Å²) < 4.78 is 50.6. The van der Waals surface area contributed by atoms with Crippen LogP contribution < -0.4 is 10.5 Å². The average molecular weight is 500 g/mol. The topological polar surface area (TPSA) is 127 Å². The number of halogens is 2. The Bertz CT molecular complexity index is 1190. The zero-order valence-electron chi connectivity index (χ0n) is 19.7. The van der Waals surface area contributed by atoms with Crippen LogP contribution in [0.2, 0.25) is 0 Å². The van der Waals surface area contributed by atoms with Gasteiger partial charge in [-0.2, -0.15) is 0 Å². The van der Waals surface area contributed by atoms with Gasteiger partial charge < -0.3 is 24.7 Å². The van der Waals surface area contributed by atoms with Gasteiger partial charge in [0.1, 0.15) is 31.9 Å². The van der Waals surface area contributed by atoms with Crippen LogP contribution in [-0.2, 0) is 23.8 Å². The third-order valence-electron chi connectivity index (χ3n) is 5.16. The Labute approximate surface area is 207 Å². The van der Waals surface area contributed by atoms with E-state index in [0.29, 0.717) is 5.56 Å². The molecule has 188 valence electrons. The number of carbonyl (C=O) groups is 3. The summed E-state index contributed by atoms with van der Waals surface area (Å²) in [6, 6.07) is 7.31. The number of benzene rings is 2. The normalized spacial score (nSPS) is 18.4. The number of ether oxygens (including phenoxy) is 4. The number of esters is 2. The molecule has 1 aliphatic rings. The number of carbonyl (C=O) groups excluding carboxylic acids is 3. The van der Waals surface area contributed by atoms with Gasteiger partial charge in [-0.05, 0) is 24.6 Å². The molecule has 1 heterocycles. The van der Waals surface area contributed by atoms with Gasteiger partial charge in [0.15, 0.2) is 17.7 Å². The van der Waals surface area contributed by atoms with E-state index in [9.17, 15) is 23.2 Å². The summed E-state index contributed by atoms with van der Waals surface area (Å²) in [6.45, 7) is 3.62. The van der Waals surface area contributed by atoms with Crippen molar-refractivity contribution in [3.8, 4) is 5.75 Å². The molecule has 0 aliphatic carbocycles. The molecule has 2 N–H and O–H groups in total. The summed E-state index contributed by atoms with van der Waals surface area (Å²) in [5.41, 5.74) is 5.77. The summed E-state index contributed by atoms with van der Waals surface area (Å²) >= 11 is 0. The number of primary amides is 1. The van der Waals surface area contributed by atoms with Crippen molar-refractivity contribution in [2.24, 2.45) is 10.7 Å². The lowest BCUT2D eigenvalue weighted by molar-refractivity contribution is -0.160. The standard InChI is InChI=1S/C24H23BF2N2O7/c1-11-4-6-14(7-5-11)20-22(25)36-24(29-20)21(17(34-13(3)31)10-33-12(2)30)35-16-9-8-15(26)18(19(16)27)23(28)32/h4-9,17,20-22H,10H2,1-3H3,(H2,28,32). The second-order valence-electron chi connectivity index (χ2n) is 7.99. The van der Waals surface area contributed by atoms with E-state index in [1.165, 1.54) is 0 Å². The molecule has 0 spiro atoms. The second-order valence-corrected chi connectivity index (χ2v) is 7.99. The molecule has 0 aromatic heterocycles. The van der Waals surface area contributed by atoms with E-state index >= 15 is 0 Å². The molecule has 1 amide bonds. The Hall–Kier alpha value is -3.96. The molecule has 1 aliphatic heterocycles. The molecule has 0 fully saturated rings. The number of amides is 1. The van der Waals surface area contributed by atoms with Crippen molar-refractivity contribution in [2.45, 2.75) is 45.0 Å². The predicted octanol–water partition coefficient (Wildman–Crippen LogP) is 2.28. The fraction of sp³-hybridized carbons (Fsp3) is 0.333. The third kappa shape index (κ3) is 6.18. The SMILES string of the molecule is [B]C1OC(C(Oc2ccc(F)c(C(N)=O)c2F)C(COC(C)=O)OC(C)=O)=NC1c1ccc(C)cc1. The van der Waals surface area contributed by atoms with Crippen molar-refractivity contribution in [1.82, 2.24) is 0 Å². The van der Waals surface area contributed by atoms with Gasteiger partial charge in [-0.15, -0.1) is 0 Å². The van der Waals surface area contributed by atoms with Gasteiger partial charge in [0, 0.05) is 13.8 Å². The van der Waals surface area contributed by atoms with Crippen molar-refractivity contribution < 1.29 is 42.1 Å². The van der Waals surface area contributed by atoms with Gasteiger partial charge in [0.25, 0.3) is 5.91 Å². The van der Waals surface area contributed by atoms with Crippen molar-refractivity contribution >= 4 is 31.6 Å². The number of rotatable bonds is 9. The lowest BCUT2D eigenvalue weighted by atomic mass is 9.88. The quantitative estimate of drug-likeness (QED) is 0.414. The van der Waals surface area contributed by atoms with Gasteiger partial charge in [-0.25, -0.2) is 13.8 Å². The zero-order valence-corrected chi connectivity index (χ0v) is 19.7. The fourth-order valence-electron chi connectivity index (χ4n) is 3.48.